The SMILES string of the molecule is CC(NC(=O)NCCNS(C)(=O)=O)c1nc2ccccc2n1C. The third-order valence-corrected chi connectivity index (χ3v) is 4.06. The maximum Gasteiger partial charge on any atom is 0.315 e. The molecule has 0 radical (unpaired) electrons. The number of aromatic nitrogens is 2. The van der Waals surface area contributed by atoms with Crippen molar-refractivity contribution in [2.24, 2.45) is 7.05 Å². The Labute approximate surface area is 135 Å². The summed E-state index contributed by atoms with van der Waals surface area (Å²) in [6, 6.07) is 7.08. The Kier molecular flexibility index (Phi) is 5.22. The van der Waals surface area contributed by atoms with E-state index in [1.54, 1.807) is 0 Å². The molecule has 0 saturated heterocycles. The molecule has 1 aromatic heterocycles. The maximum absolute atomic E-state index is 11.8. The second-order valence-electron chi connectivity index (χ2n) is 5.31. The number of sulfonamides is 1. The van der Waals surface area contributed by atoms with Crippen LogP contribution in [0.5, 0.6) is 0 Å². The number of para-hydroxylation sites is 2. The molecule has 0 aliphatic rings. The molecular formula is C14H21N5O3S. The number of fused-ring (bicyclic) bond motifs is 1. The molecule has 9 heteroatoms. The number of nitrogens with zero attached hydrogens (tertiary/aromatic N) is 2. The zero-order valence-electron chi connectivity index (χ0n) is 13.3. The minimum atomic E-state index is -3.24. The molecule has 3 N–H and O–H groups in total. The summed E-state index contributed by atoms with van der Waals surface area (Å²) in [4.78, 5) is 16.4. The average molecular weight is 339 g/mol. The van der Waals surface area contributed by atoms with Gasteiger partial charge in [0.2, 0.25) is 10.0 Å². The van der Waals surface area contributed by atoms with Crippen molar-refractivity contribution in [3.8, 4) is 0 Å². The number of aryl methyl sites for hydroxylation is 1. The molecule has 2 amide bonds. The number of carbonyl (C=O) groups is 1. The van der Waals surface area contributed by atoms with Crippen molar-refractivity contribution in [2.45, 2.75) is 13.0 Å². The first-order valence-electron chi connectivity index (χ1n) is 7.18. The van der Waals surface area contributed by atoms with Crippen molar-refractivity contribution in [3.63, 3.8) is 0 Å². The van der Waals surface area contributed by atoms with Crippen molar-refractivity contribution < 1.29 is 13.2 Å². The molecule has 1 unspecified atom stereocenters. The fourth-order valence-corrected chi connectivity index (χ4v) is 2.75. The van der Waals surface area contributed by atoms with Crippen molar-refractivity contribution >= 4 is 27.1 Å². The summed E-state index contributed by atoms with van der Waals surface area (Å²) in [5, 5.41) is 5.38. The van der Waals surface area contributed by atoms with Gasteiger partial charge >= 0.3 is 6.03 Å². The van der Waals surface area contributed by atoms with Gasteiger partial charge in [0, 0.05) is 20.1 Å². The first kappa shape index (κ1) is 17.2. The molecule has 2 rings (SSSR count). The number of rotatable bonds is 6. The minimum Gasteiger partial charge on any atom is -0.337 e. The summed E-state index contributed by atoms with van der Waals surface area (Å²) in [7, 11) is -1.34. The third-order valence-electron chi connectivity index (χ3n) is 3.33. The average Bonchev–Trinajstić information content (AvgIpc) is 2.80. The molecule has 0 saturated carbocycles. The van der Waals surface area contributed by atoms with E-state index in [9.17, 15) is 13.2 Å². The van der Waals surface area contributed by atoms with Gasteiger partial charge in [-0.3, -0.25) is 0 Å². The second-order valence-corrected chi connectivity index (χ2v) is 7.14. The molecule has 2 aromatic rings. The van der Waals surface area contributed by atoms with Gasteiger partial charge in [-0.05, 0) is 19.1 Å². The minimum absolute atomic E-state index is 0.146. The lowest BCUT2D eigenvalue weighted by Gasteiger charge is -2.14. The molecule has 1 atom stereocenters. The lowest BCUT2D eigenvalue weighted by molar-refractivity contribution is 0.237. The van der Waals surface area contributed by atoms with Crippen LogP contribution in [0.3, 0.4) is 0 Å². The molecule has 1 aromatic carbocycles. The molecule has 0 spiro atoms. The lowest BCUT2D eigenvalue weighted by Crippen LogP contribution is -2.41. The van der Waals surface area contributed by atoms with Crippen LogP contribution in [0.15, 0.2) is 24.3 Å². The van der Waals surface area contributed by atoms with Gasteiger partial charge < -0.3 is 15.2 Å². The Balaban J connectivity index is 1.91. The Bertz CT molecular complexity index is 800. The number of hydrogen-bond acceptors (Lipinski definition) is 4. The largest absolute Gasteiger partial charge is 0.337 e. The summed E-state index contributed by atoms with van der Waals surface area (Å²) < 4.78 is 26.1. The van der Waals surface area contributed by atoms with Crippen LogP contribution >= 0.6 is 0 Å². The Hall–Kier alpha value is -2.13. The first-order valence-corrected chi connectivity index (χ1v) is 9.07. The quantitative estimate of drug-likeness (QED) is 0.666. The summed E-state index contributed by atoms with van der Waals surface area (Å²) in [5.41, 5.74) is 1.87. The van der Waals surface area contributed by atoms with Crippen LogP contribution in [0.1, 0.15) is 18.8 Å². The Morgan fingerprint density at radius 2 is 2.00 bits per heavy atom. The molecule has 8 nitrogen and oxygen atoms in total. The number of amides is 2. The molecule has 126 valence electrons. The normalized spacial score (nSPS) is 13.0. The van der Waals surface area contributed by atoms with E-state index in [0.29, 0.717) is 0 Å². The number of carbonyl (C=O) groups excluding carboxylic acids is 1. The van der Waals surface area contributed by atoms with Crippen LogP contribution in [-0.4, -0.2) is 43.3 Å². The predicted octanol–water partition coefficient (Wildman–Crippen LogP) is 0.483. The van der Waals surface area contributed by atoms with E-state index in [-0.39, 0.29) is 25.2 Å². The van der Waals surface area contributed by atoms with Crippen molar-refractivity contribution in [2.75, 3.05) is 19.3 Å². The molecule has 23 heavy (non-hydrogen) atoms. The smallest absolute Gasteiger partial charge is 0.315 e. The zero-order chi connectivity index (χ0) is 17.0. The van der Waals surface area contributed by atoms with Crippen molar-refractivity contribution in [1.82, 2.24) is 24.9 Å². The molecule has 1 heterocycles. The van der Waals surface area contributed by atoms with Crippen LogP contribution in [0, 0.1) is 0 Å². The van der Waals surface area contributed by atoms with Crippen LogP contribution < -0.4 is 15.4 Å². The van der Waals surface area contributed by atoms with Gasteiger partial charge in [-0.2, -0.15) is 0 Å². The van der Waals surface area contributed by atoms with Gasteiger partial charge in [-0.15, -0.1) is 0 Å². The van der Waals surface area contributed by atoms with Crippen molar-refractivity contribution in [3.05, 3.63) is 30.1 Å². The van der Waals surface area contributed by atoms with Gasteiger partial charge in [0.05, 0.1) is 23.3 Å². The Morgan fingerprint density at radius 3 is 2.65 bits per heavy atom. The first-order chi connectivity index (χ1) is 10.8. The van der Waals surface area contributed by atoms with Crippen LogP contribution in [0.25, 0.3) is 11.0 Å². The fraction of sp³-hybridized carbons (Fsp3) is 0.429. The van der Waals surface area contributed by atoms with Crippen LogP contribution in [-0.2, 0) is 17.1 Å². The standard InChI is InChI=1S/C14H21N5O3S/c1-10(17-14(20)15-8-9-16-23(3,21)22)13-18-11-6-4-5-7-12(11)19(13)2/h4-7,10,16H,8-9H2,1-3H3,(H2,15,17,20). The monoisotopic (exact) mass is 339 g/mol. The highest BCUT2D eigenvalue weighted by atomic mass is 32.2. The number of nitrogens with one attached hydrogen (secondary N) is 3. The highest BCUT2D eigenvalue weighted by Crippen LogP contribution is 2.18. The van der Waals surface area contributed by atoms with E-state index in [2.05, 4.69) is 20.3 Å². The van der Waals surface area contributed by atoms with E-state index in [4.69, 9.17) is 0 Å². The van der Waals surface area contributed by atoms with E-state index < -0.39 is 10.0 Å². The van der Waals surface area contributed by atoms with Gasteiger partial charge in [0.15, 0.2) is 0 Å². The van der Waals surface area contributed by atoms with Crippen LogP contribution in [0.4, 0.5) is 4.79 Å². The number of urea groups is 1. The summed E-state index contributed by atoms with van der Waals surface area (Å²) in [6.45, 7) is 2.19. The highest BCUT2D eigenvalue weighted by Gasteiger charge is 2.16. The molecule has 0 aliphatic carbocycles. The molecule has 0 fully saturated rings. The van der Waals surface area contributed by atoms with Crippen molar-refractivity contribution in [1.29, 1.82) is 0 Å². The number of hydrogen-bond donors (Lipinski definition) is 3. The number of imidazole rings is 1. The predicted molar refractivity (Wildman–Crippen MR) is 88.5 cm³/mol. The second kappa shape index (κ2) is 6.97. The van der Waals surface area contributed by atoms with E-state index >= 15 is 0 Å². The Morgan fingerprint density at radius 1 is 1.30 bits per heavy atom. The number of benzene rings is 1. The molecule has 0 aliphatic heterocycles. The highest BCUT2D eigenvalue weighted by molar-refractivity contribution is 7.88. The third kappa shape index (κ3) is 4.67. The van der Waals surface area contributed by atoms with Gasteiger partial charge in [0.25, 0.3) is 0 Å². The molecule has 0 bridgehead atoms. The molecular weight excluding hydrogens is 318 g/mol. The summed E-state index contributed by atoms with van der Waals surface area (Å²) in [6.07, 6.45) is 1.07. The lowest BCUT2D eigenvalue weighted by atomic mass is 10.3. The summed E-state index contributed by atoms with van der Waals surface area (Å²) in [5.74, 6) is 0.746. The van der Waals surface area contributed by atoms with Gasteiger partial charge in [-0.25, -0.2) is 22.9 Å². The maximum atomic E-state index is 11.8. The fourth-order valence-electron chi connectivity index (χ4n) is 2.28. The van der Waals surface area contributed by atoms with E-state index in [0.717, 1.165) is 23.1 Å². The van der Waals surface area contributed by atoms with E-state index in [1.165, 1.54) is 0 Å². The van der Waals surface area contributed by atoms with Gasteiger partial charge in [-0.1, -0.05) is 12.1 Å². The van der Waals surface area contributed by atoms with E-state index in [1.807, 2.05) is 42.8 Å². The van der Waals surface area contributed by atoms with Crippen LogP contribution in [0.2, 0.25) is 0 Å². The topological polar surface area (TPSA) is 105 Å². The van der Waals surface area contributed by atoms with Gasteiger partial charge in [0.1, 0.15) is 5.82 Å². The summed E-state index contributed by atoms with van der Waals surface area (Å²) >= 11 is 0. The zero-order valence-corrected chi connectivity index (χ0v) is 14.1.